The van der Waals surface area contributed by atoms with Crippen molar-refractivity contribution in [1.29, 1.82) is 0 Å². The lowest BCUT2D eigenvalue weighted by molar-refractivity contribution is 0.0701. The van der Waals surface area contributed by atoms with E-state index in [1.165, 1.54) is 11.3 Å². The SMILES string of the molecule is Cc1nc(C)c(C(=O)O)s1.Cl. The van der Waals surface area contributed by atoms with Crippen molar-refractivity contribution >= 4 is 29.7 Å². The predicted molar refractivity (Wildman–Crippen MR) is 45.8 cm³/mol. The highest BCUT2D eigenvalue weighted by Crippen LogP contribution is 2.16. The fourth-order valence-electron chi connectivity index (χ4n) is 0.730. The van der Waals surface area contributed by atoms with Gasteiger partial charge in [0.15, 0.2) is 0 Å². The first-order valence-corrected chi connectivity index (χ1v) is 3.60. The van der Waals surface area contributed by atoms with E-state index in [4.69, 9.17) is 5.11 Å². The molecule has 0 spiro atoms. The Labute approximate surface area is 74.5 Å². The van der Waals surface area contributed by atoms with E-state index in [1.54, 1.807) is 13.8 Å². The molecule has 0 saturated carbocycles. The summed E-state index contributed by atoms with van der Waals surface area (Å²) in [6.45, 7) is 3.50. The molecular weight excluding hydrogens is 186 g/mol. The van der Waals surface area contributed by atoms with Gasteiger partial charge in [0.25, 0.3) is 0 Å². The lowest BCUT2D eigenvalue weighted by Crippen LogP contribution is -1.94. The summed E-state index contributed by atoms with van der Waals surface area (Å²) in [6, 6.07) is 0. The Morgan fingerprint density at radius 2 is 2.09 bits per heavy atom. The molecule has 0 atom stereocenters. The van der Waals surface area contributed by atoms with Gasteiger partial charge in [-0.05, 0) is 13.8 Å². The van der Waals surface area contributed by atoms with Crippen LogP contribution in [0.15, 0.2) is 0 Å². The van der Waals surface area contributed by atoms with Gasteiger partial charge in [-0.3, -0.25) is 0 Å². The van der Waals surface area contributed by atoms with Gasteiger partial charge in [0.2, 0.25) is 0 Å². The molecule has 0 bridgehead atoms. The number of nitrogens with zero attached hydrogens (tertiary/aromatic N) is 1. The third kappa shape index (κ3) is 2.17. The first-order valence-electron chi connectivity index (χ1n) is 2.78. The number of halogens is 1. The molecule has 11 heavy (non-hydrogen) atoms. The van der Waals surface area contributed by atoms with Crippen LogP contribution >= 0.6 is 23.7 Å². The van der Waals surface area contributed by atoms with E-state index in [2.05, 4.69) is 4.98 Å². The summed E-state index contributed by atoms with van der Waals surface area (Å²) in [7, 11) is 0. The summed E-state index contributed by atoms with van der Waals surface area (Å²) >= 11 is 1.21. The molecule has 1 aromatic rings. The van der Waals surface area contributed by atoms with Crippen molar-refractivity contribution in [1.82, 2.24) is 4.98 Å². The largest absolute Gasteiger partial charge is 0.477 e. The summed E-state index contributed by atoms with van der Waals surface area (Å²) in [5.41, 5.74) is 0.606. The Hall–Kier alpha value is -0.610. The van der Waals surface area contributed by atoms with Gasteiger partial charge in [-0.2, -0.15) is 0 Å². The molecule has 1 N–H and O–H groups in total. The van der Waals surface area contributed by atoms with Gasteiger partial charge in [0, 0.05) is 0 Å². The monoisotopic (exact) mass is 193 g/mol. The molecule has 0 unspecified atom stereocenters. The van der Waals surface area contributed by atoms with Crippen molar-refractivity contribution < 1.29 is 9.90 Å². The van der Waals surface area contributed by atoms with Crippen molar-refractivity contribution in [2.75, 3.05) is 0 Å². The van der Waals surface area contributed by atoms with E-state index in [0.29, 0.717) is 10.6 Å². The van der Waals surface area contributed by atoms with E-state index in [9.17, 15) is 4.79 Å². The first kappa shape index (κ1) is 10.4. The predicted octanol–water partition coefficient (Wildman–Crippen LogP) is 1.88. The van der Waals surface area contributed by atoms with Crippen molar-refractivity contribution in [3.63, 3.8) is 0 Å². The van der Waals surface area contributed by atoms with Crippen LogP contribution in [0.5, 0.6) is 0 Å². The van der Waals surface area contributed by atoms with Crippen LogP contribution in [0.4, 0.5) is 0 Å². The molecule has 5 heteroatoms. The number of aromatic carboxylic acids is 1. The zero-order chi connectivity index (χ0) is 7.72. The summed E-state index contributed by atoms with van der Waals surface area (Å²) in [4.78, 5) is 14.7. The number of aryl methyl sites for hydroxylation is 2. The maximum absolute atomic E-state index is 10.4. The number of carbonyl (C=O) groups is 1. The van der Waals surface area contributed by atoms with Crippen molar-refractivity contribution in [2.24, 2.45) is 0 Å². The van der Waals surface area contributed by atoms with Crippen LogP contribution in [0, 0.1) is 13.8 Å². The van der Waals surface area contributed by atoms with E-state index < -0.39 is 5.97 Å². The van der Waals surface area contributed by atoms with Gasteiger partial charge in [0.1, 0.15) is 4.88 Å². The number of carboxylic acid groups (broad SMARTS) is 1. The number of rotatable bonds is 1. The van der Waals surface area contributed by atoms with E-state index in [0.717, 1.165) is 5.01 Å². The summed E-state index contributed by atoms with van der Waals surface area (Å²) < 4.78 is 0. The average Bonchev–Trinajstić information content (AvgIpc) is 2.10. The quantitative estimate of drug-likeness (QED) is 0.741. The average molecular weight is 194 g/mol. The summed E-state index contributed by atoms with van der Waals surface area (Å²) in [5.74, 6) is -0.886. The molecule has 0 aliphatic heterocycles. The maximum Gasteiger partial charge on any atom is 0.347 e. The van der Waals surface area contributed by atoms with Crippen molar-refractivity contribution in [3.05, 3.63) is 15.6 Å². The minimum atomic E-state index is -0.886. The Morgan fingerprint density at radius 1 is 1.55 bits per heavy atom. The van der Waals surface area contributed by atoms with Crippen LogP contribution in [0.2, 0.25) is 0 Å². The second-order valence-corrected chi connectivity index (χ2v) is 3.16. The second kappa shape index (κ2) is 3.69. The standard InChI is InChI=1S/C6H7NO2S.ClH/c1-3-5(6(8)9)10-4(2)7-3;/h1-2H3,(H,8,9);1H. The molecule has 0 radical (unpaired) electrons. The highest BCUT2D eigenvalue weighted by atomic mass is 35.5. The molecule has 0 fully saturated rings. The lowest BCUT2D eigenvalue weighted by Gasteiger charge is -1.84. The molecule has 1 heterocycles. The van der Waals surface area contributed by atoms with Crippen LogP contribution in [0.3, 0.4) is 0 Å². The topological polar surface area (TPSA) is 50.2 Å². The number of hydrogen-bond donors (Lipinski definition) is 1. The molecule has 3 nitrogen and oxygen atoms in total. The zero-order valence-electron chi connectivity index (χ0n) is 6.12. The highest BCUT2D eigenvalue weighted by molar-refractivity contribution is 7.13. The molecule has 1 aromatic heterocycles. The Balaban J connectivity index is 0.000001000. The normalized spacial score (nSPS) is 8.91. The van der Waals surface area contributed by atoms with Crippen LogP contribution in [-0.2, 0) is 0 Å². The Bertz CT molecular complexity index is 272. The Morgan fingerprint density at radius 3 is 2.27 bits per heavy atom. The molecule has 0 amide bonds. The van der Waals surface area contributed by atoms with Gasteiger partial charge in [-0.1, -0.05) is 0 Å². The highest BCUT2D eigenvalue weighted by Gasteiger charge is 2.10. The van der Waals surface area contributed by atoms with Crippen LogP contribution < -0.4 is 0 Å². The van der Waals surface area contributed by atoms with Crippen LogP contribution in [-0.4, -0.2) is 16.1 Å². The molecular formula is C6H8ClNO2S. The molecule has 0 saturated heterocycles. The van der Waals surface area contributed by atoms with Gasteiger partial charge in [-0.15, -0.1) is 23.7 Å². The summed E-state index contributed by atoms with van der Waals surface area (Å²) in [6.07, 6.45) is 0. The third-order valence-corrected chi connectivity index (χ3v) is 2.16. The fourth-order valence-corrected chi connectivity index (χ4v) is 1.49. The second-order valence-electron chi connectivity index (χ2n) is 1.95. The van der Waals surface area contributed by atoms with Gasteiger partial charge >= 0.3 is 5.97 Å². The zero-order valence-corrected chi connectivity index (χ0v) is 7.75. The van der Waals surface area contributed by atoms with Gasteiger partial charge < -0.3 is 5.11 Å². The third-order valence-electron chi connectivity index (χ3n) is 1.10. The van der Waals surface area contributed by atoms with Crippen molar-refractivity contribution in [3.8, 4) is 0 Å². The molecule has 1 rings (SSSR count). The smallest absolute Gasteiger partial charge is 0.347 e. The molecule has 0 aliphatic carbocycles. The number of carboxylic acids is 1. The lowest BCUT2D eigenvalue weighted by atomic mass is 10.4. The van der Waals surface area contributed by atoms with Gasteiger partial charge in [0.05, 0.1) is 10.7 Å². The fraction of sp³-hybridized carbons (Fsp3) is 0.333. The van der Waals surface area contributed by atoms with Gasteiger partial charge in [-0.25, -0.2) is 9.78 Å². The number of aromatic nitrogens is 1. The summed E-state index contributed by atoms with van der Waals surface area (Å²) in [5, 5.41) is 9.35. The minimum Gasteiger partial charge on any atom is -0.477 e. The Kier molecular flexibility index (Phi) is 3.48. The number of thiazole rings is 1. The number of hydrogen-bond acceptors (Lipinski definition) is 3. The molecule has 62 valence electrons. The maximum atomic E-state index is 10.4. The first-order chi connectivity index (χ1) is 4.61. The minimum absolute atomic E-state index is 0. The van der Waals surface area contributed by atoms with Crippen LogP contribution in [0.1, 0.15) is 20.4 Å². The molecule has 0 aromatic carbocycles. The van der Waals surface area contributed by atoms with E-state index in [-0.39, 0.29) is 12.4 Å². The molecule has 0 aliphatic rings. The van der Waals surface area contributed by atoms with E-state index >= 15 is 0 Å². The van der Waals surface area contributed by atoms with Crippen molar-refractivity contribution in [2.45, 2.75) is 13.8 Å². The van der Waals surface area contributed by atoms with E-state index in [1.807, 2.05) is 0 Å². The van der Waals surface area contributed by atoms with Crippen LogP contribution in [0.25, 0.3) is 0 Å².